The fourth-order valence-electron chi connectivity index (χ4n) is 2.87. The molecule has 136 valence electrons. The Balaban J connectivity index is 2.58. The van der Waals surface area contributed by atoms with Crippen molar-refractivity contribution >= 4 is 23.7 Å². The second-order valence-corrected chi connectivity index (χ2v) is 6.17. The van der Waals surface area contributed by atoms with Crippen molar-refractivity contribution in [1.82, 2.24) is 0 Å². The number of aldehydes is 1. The number of allylic oxidation sites excluding steroid dienone is 1. The first kappa shape index (κ1) is 19.1. The summed E-state index contributed by atoms with van der Waals surface area (Å²) >= 11 is 6.36. The van der Waals surface area contributed by atoms with Crippen molar-refractivity contribution < 1.29 is 28.5 Å². The highest BCUT2D eigenvalue weighted by Crippen LogP contribution is 2.44. The molecule has 7 heteroatoms. The maximum atomic E-state index is 12.0. The standard InChI is InChI=1S/C18H21ClO6/c1-9-6-12(21)10(2)17(24-5)16(9)25-18-11(8-20)13(22-3)7-14(23-4)15(18)19/h7-9,16H,6H2,1-5H3/t9-,16+/m1/s1. The third kappa shape index (κ3) is 3.44. The van der Waals surface area contributed by atoms with Gasteiger partial charge in [-0.15, -0.1) is 0 Å². The molecule has 1 aromatic carbocycles. The molecule has 25 heavy (non-hydrogen) atoms. The number of ketones is 1. The summed E-state index contributed by atoms with van der Waals surface area (Å²) in [4.78, 5) is 23.6. The topological polar surface area (TPSA) is 71.1 Å². The van der Waals surface area contributed by atoms with E-state index in [9.17, 15) is 9.59 Å². The van der Waals surface area contributed by atoms with Gasteiger partial charge in [-0.3, -0.25) is 9.59 Å². The Bertz CT molecular complexity index is 725. The van der Waals surface area contributed by atoms with E-state index in [0.717, 1.165) is 0 Å². The van der Waals surface area contributed by atoms with Gasteiger partial charge in [0.2, 0.25) is 0 Å². The molecular formula is C18H21ClO6. The second-order valence-electron chi connectivity index (χ2n) is 5.79. The zero-order valence-electron chi connectivity index (χ0n) is 14.8. The largest absolute Gasteiger partial charge is 0.497 e. The molecule has 0 heterocycles. The van der Waals surface area contributed by atoms with E-state index in [2.05, 4.69) is 0 Å². The van der Waals surface area contributed by atoms with Gasteiger partial charge in [-0.2, -0.15) is 0 Å². The van der Waals surface area contributed by atoms with E-state index in [1.165, 1.54) is 27.4 Å². The van der Waals surface area contributed by atoms with Crippen LogP contribution in [0.2, 0.25) is 5.02 Å². The highest BCUT2D eigenvalue weighted by molar-refractivity contribution is 6.34. The van der Waals surface area contributed by atoms with Crippen LogP contribution in [0.3, 0.4) is 0 Å². The molecule has 2 atom stereocenters. The van der Waals surface area contributed by atoms with Crippen molar-refractivity contribution in [3.63, 3.8) is 0 Å². The summed E-state index contributed by atoms with van der Waals surface area (Å²) < 4.78 is 21.9. The average Bonchev–Trinajstić information content (AvgIpc) is 2.60. The van der Waals surface area contributed by atoms with Gasteiger partial charge in [0.05, 0.1) is 21.3 Å². The summed E-state index contributed by atoms with van der Waals surface area (Å²) in [6.07, 6.45) is 0.371. The number of halogens is 1. The number of methoxy groups -OCH3 is 3. The van der Waals surface area contributed by atoms with Crippen LogP contribution in [0.5, 0.6) is 17.2 Å². The highest BCUT2D eigenvalue weighted by atomic mass is 35.5. The first-order chi connectivity index (χ1) is 11.9. The van der Waals surface area contributed by atoms with E-state index in [4.69, 9.17) is 30.5 Å². The van der Waals surface area contributed by atoms with Crippen molar-refractivity contribution in [2.45, 2.75) is 26.4 Å². The number of hydrogen-bond donors (Lipinski definition) is 0. The SMILES string of the molecule is COC1=C(C)C(=O)C[C@@H](C)[C@@H]1Oc1c(Cl)c(OC)cc(OC)c1C=O. The van der Waals surface area contributed by atoms with Crippen LogP contribution in [0.4, 0.5) is 0 Å². The summed E-state index contributed by atoms with van der Waals surface area (Å²) in [5.74, 6) is 1.02. The molecule has 1 aliphatic rings. The fraction of sp³-hybridized carbons (Fsp3) is 0.444. The predicted octanol–water partition coefficient (Wildman–Crippen LogP) is 3.45. The lowest BCUT2D eigenvalue weighted by Gasteiger charge is -2.32. The molecule has 1 aliphatic carbocycles. The smallest absolute Gasteiger partial charge is 0.162 e. The molecule has 0 radical (unpaired) electrons. The molecule has 0 saturated carbocycles. The van der Waals surface area contributed by atoms with Gasteiger partial charge < -0.3 is 18.9 Å². The Morgan fingerprint density at radius 2 is 1.80 bits per heavy atom. The van der Waals surface area contributed by atoms with Gasteiger partial charge in [0.15, 0.2) is 23.9 Å². The van der Waals surface area contributed by atoms with Crippen molar-refractivity contribution in [3.8, 4) is 17.2 Å². The summed E-state index contributed by atoms with van der Waals surface area (Å²) in [6.45, 7) is 3.57. The Labute approximate surface area is 151 Å². The maximum absolute atomic E-state index is 12.0. The van der Waals surface area contributed by atoms with Crippen molar-refractivity contribution in [1.29, 1.82) is 0 Å². The predicted molar refractivity (Wildman–Crippen MR) is 92.9 cm³/mol. The summed E-state index contributed by atoms with van der Waals surface area (Å²) in [6, 6.07) is 1.52. The van der Waals surface area contributed by atoms with Crippen LogP contribution in [-0.2, 0) is 9.53 Å². The fourth-order valence-corrected chi connectivity index (χ4v) is 3.15. The number of rotatable bonds is 6. The van der Waals surface area contributed by atoms with Gasteiger partial charge in [0.1, 0.15) is 27.8 Å². The van der Waals surface area contributed by atoms with Crippen molar-refractivity contribution in [2.75, 3.05) is 21.3 Å². The zero-order valence-corrected chi connectivity index (χ0v) is 15.6. The summed E-state index contributed by atoms with van der Waals surface area (Å²) in [5.41, 5.74) is 0.676. The molecular weight excluding hydrogens is 348 g/mol. The van der Waals surface area contributed by atoms with Gasteiger partial charge in [-0.05, 0) is 6.92 Å². The number of hydrogen-bond acceptors (Lipinski definition) is 6. The van der Waals surface area contributed by atoms with E-state index in [1.54, 1.807) is 6.92 Å². The van der Waals surface area contributed by atoms with Gasteiger partial charge in [-0.1, -0.05) is 18.5 Å². The van der Waals surface area contributed by atoms with E-state index >= 15 is 0 Å². The molecule has 0 bridgehead atoms. The molecule has 0 N–H and O–H groups in total. The minimum absolute atomic E-state index is 0.00845. The van der Waals surface area contributed by atoms with Crippen LogP contribution in [-0.4, -0.2) is 39.5 Å². The Morgan fingerprint density at radius 3 is 2.32 bits per heavy atom. The molecule has 6 nitrogen and oxygen atoms in total. The third-order valence-corrected chi connectivity index (χ3v) is 4.64. The third-order valence-electron chi connectivity index (χ3n) is 4.28. The summed E-state index contributed by atoms with van der Waals surface area (Å²) in [5, 5.41) is 0.155. The first-order valence-corrected chi connectivity index (χ1v) is 8.11. The van der Waals surface area contributed by atoms with Crippen LogP contribution in [0, 0.1) is 5.92 Å². The molecule has 0 unspecified atom stereocenters. The number of carbonyl (C=O) groups excluding carboxylic acids is 2. The first-order valence-electron chi connectivity index (χ1n) is 7.73. The lowest BCUT2D eigenvalue weighted by Crippen LogP contribution is -2.36. The summed E-state index contributed by atoms with van der Waals surface area (Å²) in [7, 11) is 4.37. The maximum Gasteiger partial charge on any atom is 0.162 e. The lowest BCUT2D eigenvalue weighted by molar-refractivity contribution is -0.118. The molecule has 0 aromatic heterocycles. The van der Waals surface area contributed by atoms with E-state index in [1.807, 2.05) is 6.92 Å². The number of Topliss-reactive ketones (excluding diaryl/α,β-unsaturated/α-hetero) is 1. The molecule has 0 amide bonds. The van der Waals surface area contributed by atoms with E-state index in [-0.39, 0.29) is 33.8 Å². The van der Waals surface area contributed by atoms with E-state index in [0.29, 0.717) is 29.8 Å². The average molecular weight is 369 g/mol. The molecule has 1 aromatic rings. The lowest BCUT2D eigenvalue weighted by atomic mass is 9.86. The molecule has 0 fully saturated rings. The van der Waals surface area contributed by atoms with Gasteiger partial charge in [0, 0.05) is 24.0 Å². The molecule has 0 saturated heterocycles. The highest BCUT2D eigenvalue weighted by Gasteiger charge is 2.36. The Morgan fingerprint density at radius 1 is 1.16 bits per heavy atom. The van der Waals surface area contributed by atoms with Crippen LogP contribution in [0.1, 0.15) is 30.6 Å². The second kappa shape index (κ2) is 7.78. The normalized spacial score (nSPS) is 20.3. The van der Waals surface area contributed by atoms with Gasteiger partial charge >= 0.3 is 0 Å². The minimum Gasteiger partial charge on any atom is -0.497 e. The Kier molecular flexibility index (Phi) is 5.95. The molecule has 0 spiro atoms. The number of benzene rings is 1. The number of carbonyl (C=O) groups is 2. The van der Waals surface area contributed by atoms with Gasteiger partial charge in [0.25, 0.3) is 0 Å². The monoisotopic (exact) mass is 368 g/mol. The van der Waals surface area contributed by atoms with Crippen LogP contribution in [0.15, 0.2) is 17.4 Å². The Hall–Kier alpha value is -2.21. The van der Waals surface area contributed by atoms with Gasteiger partial charge in [-0.25, -0.2) is 0 Å². The quantitative estimate of drug-likeness (QED) is 0.716. The van der Waals surface area contributed by atoms with Crippen LogP contribution >= 0.6 is 11.6 Å². The van der Waals surface area contributed by atoms with Crippen LogP contribution in [0.25, 0.3) is 0 Å². The molecule has 2 rings (SSSR count). The zero-order chi connectivity index (χ0) is 18.7. The minimum atomic E-state index is -0.560. The number of ether oxygens (including phenoxy) is 4. The van der Waals surface area contributed by atoms with E-state index < -0.39 is 6.10 Å². The van der Waals surface area contributed by atoms with Crippen molar-refractivity contribution in [2.24, 2.45) is 5.92 Å². The molecule has 0 aliphatic heterocycles. The van der Waals surface area contributed by atoms with Crippen molar-refractivity contribution in [3.05, 3.63) is 28.0 Å². The van der Waals surface area contributed by atoms with Crippen LogP contribution < -0.4 is 14.2 Å².